The molecule has 7 heteroatoms. The minimum absolute atomic E-state index is 0.156. The Morgan fingerprint density at radius 2 is 1.71 bits per heavy atom. The molecule has 0 atom stereocenters. The molecule has 0 aliphatic rings. The van der Waals surface area contributed by atoms with E-state index in [9.17, 15) is 0 Å². The molecule has 7 nitrogen and oxygen atoms in total. The number of para-hydroxylation sites is 2. The van der Waals surface area contributed by atoms with Crippen LogP contribution in [0.25, 0.3) is 11.0 Å². The monoisotopic (exact) mass is 283 g/mol. The third kappa shape index (κ3) is 2.62. The summed E-state index contributed by atoms with van der Waals surface area (Å²) in [6.07, 6.45) is 1.50. The topological polar surface area (TPSA) is 109 Å². The fourth-order valence-electron chi connectivity index (χ4n) is 2.43. The van der Waals surface area contributed by atoms with Crippen LogP contribution in [0.2, 0.25) is 0 Å². The summed E-state index contributed by atoms with van der Waals surface area (Å²) in [7, 11) is 0. The molecule has 0 aliphatic carbocycles. The predicted molar refractivity (Wildman–Crippen MR) is 81.5 cm³/mol. The van der Waals surface area contributed by atoms with Gasteiger partial charge in [0, 0.05) is 19.4 Å². The van der Waals surface area contributed by atoms with Crippen molar-refractivity contribution in [2.24, 2.45) is 0 Å². The van der Waals surface area contributed by atoms with E-state index in [1.165, 1.54) is 0 Å². The molecular formula is C14H17N7. The summed E-state index contributed by atoms with van der Waals surface area (Å²) in [5.74, 6) is 1.96. The minimum Gasteiger partial charge on any atom is -0.368 e. The number of anilines is 2. The summed E-state index contributed by atoms with van der Waals surface area (Å²) < 4.78 is 2.19. The van der Waals surface area contributed by atoms with Crippen molar-refractivity contribution in [3.05, 3.63) is 35.9 Å². The van der Waals surface area contributed by atoms with Gasteiger partial charge in [0.05, 0.1) is 11.0 Å². The van der Waals surface area contributed by atoms with E-state index in [2.05, 4.69) is 37.5 Å². The van der Waals surface area contributed by atoms with Crippen LogP contribution in [0.3, 0.4) is 0 Å². The molecule has 0 amide bonds. The number of rotatable bonds is 4. The molecule has 3 aromatic rings. The molecule has 0 aliphatic heterocycles. The van der Waals surface area contributed by atoms with Gasteiger partial charge in [0.25, 0.3) is 0 Å². The lowest BCUT2D eigenvalue weighted by Gasteiger charge is -2.08. The molecule has 0 fully saturated rings. The molecule has 0 unspecified atom stereocenters. The number of nitrogens with zero attached hydrogens (tertiary/aromatic N) is 5. The van der Waals surface area contributed by atoms with E-state index in [0.29, 0.717) is 12.2 Å². The van der Waals surface area contributed by atoms with E-state index >= 15 is 0 Å². The quantitative estimate of drug-likeness (QED) is 0.744. The highest BCUT2D eigenvalue weighted by molar-refractivity contribution is 5.75. The highest BCUT2D eigenvalue weighted by Crippen LogP contribution is 2.17. The van der Waals surface area contributed by atoms with Crippen LogP contribution in [0, 0.1) is 0 Å². The predicted octanol–water partition coefficient (Wildman–Crippen LogP) is 1.19. The zero-order chi connectivity index (χ0) is 14.8. The van der Waals surface area contributed by atoms with Crippen molar-refractivity contribution in [1.82, 2.24) is 24.5 Å². The van der Waals surface area contributed by atoms with Gasteiger partial charge in [-0.05, 0) is 12.1 Å². The SMILES string of the molecule is CCc1nc2ccccc2n1CCc1nc(N)nc(N)n1. The molecule has 0 saturated carbocycles. The molecular weight excluding hydrogens is 266 g/mol. The van der Waals surface area contributed by atoms with Crippen LogP contribution in [-0.4, -0.2) is 24.5 Å². The molecule has 0 saturated heterocycles. The van der Waals surface area contributed by atoms with E-state index in [4.69, 9.17) is 11.5 Å². The van der Waals surface area contributed by atoms with Gasteiger partial charge in [-0.15, -0.1) is 0 Å². The number of nitrogens with two attached hydrogens (primary N) is 2. The van der Waals surface area contributed by atoms with E-state index in [-0.39, 0.29) is 11.9 Å². The van der Waals surface area contributed by atoms with Crippen molar-refractivity contribution in [3.8, 4) is 0 Å². The summed E-state index contributed by atoms with van der Waals surface area (Å²) in [4.78, 5) is 16.6. The van der Waals surface area contributed by atoms with Gasteiger partial charge in [0.15, 0.2) is 0 Å². The van der Waals surface area contributed by atoms with Crippen LogP contribution in [-0.2, 0) is 19.4 Å². The number of benzene rings is 1. The second kappa shape index (κ2) is 5.35. The largest absolute Gasteiger partial charge is 0.368 e. The summed E-state index contributed by atoms with van der Waals surface area (Å²) >= 11 is 0. The van der Waals surface area contributed by atoms with Gasteiger partial charge in [0.1, 0.15) is 11.6 Å². The number of imidazole rings is 1. The molecule has 0 bridgehead atoms. The average Bonchev–Trinajstić information content (AvgIpc) is 2.82. The Morgan fingerprint density at radius 3 is 2.43 bits per heavy atom. The minimum atomic E-state index is 0.156. The first-order valence-electron chi connectivity index (χ1n) is 6.87. The molecule has 1 aromatic carbocycles. The van der Waals surface area contributed by atoms with Gasteiger partial charge >= 0.3 is 0 Å². The highest BCUT2D eigenvalue weighted by atomic mass is 15.1. The van der Waals surface area contributed by atoms with Crippen LogP contribution in [0.5, 0.6) is 0 Å². The van der Waals surface area contributed by atoms with Gasteiger partial charge in [0.2, 0.25) is 11.9 Å². The van der Waals surface area contributed by atoms with Crippen molar-refractivity contribution >= 4 is 22.9 Å². The number of hydrogen-bond acceptors (Lipinski definition) is 6. The number of aromatic nitrogens is 5. The Morgan fingerprint density at radius 1 is 1.00 bits per heavy atom. The third-order valence-electron chi connectivity index (χ3n) is 3.33. The lowest BCUT2D eigenvalue weighted by Crippen LogP contribution is -2.11. The summed E-state index contributed by atoms with van der Waals surface area (Å²) in [6, 6.07) is 8.09. The Bertz CT molecular complexity index is 758. The van der Waals surface area contributed by atoms with Crippen molar-refractivity contribution in [2.45, 2.75) is 26.3 Å². The zero-order valence-corrected chi connectivity index (χ0v) is 11.8. The normalized spacial score (nSPS) is 11.1. The van der Waals surface area contributed by atoms with E-state index < -0.39 is 0 Å². The molecule has 2 heterocycles. The van der Waals surface area contributed by atoms with Gasteiger partial charge in [-0.1, -0.05) is 19.1 Å². The number of nitrogen functional groups attached to an aromatic ring is 2. The maximum Gasteiger partial charge on any atom is 0.225 e. The van der Waals surface area contributed by atoms with Crippen LogP contribution in [0.1, 0.15) is 18.6 Å². The van der Waals surface area contributed by atoms with Gasteiger partial charge in [-0.3, -0.25) is 0 Å². The third-order valence-corrected chi connectivity index (χ3v) is 3.33. The van der Waals surface area contributed by atoms with Crippen molar-refractivity contribution in [3.63, 3.8) is 0 Å². The fraction of sp³-hybridized carbons (Fsp3) is 0.286. The first-order chi connectivity index (χ1) is 10.2. The summed E-state index contributed by atoms with van der Waals surface area (Å²) in [5, 5.41) is 0. The molecule has 108 valence electrons. The van der Waals surface area contributed by atoms with Crippen LogP contribution in [0.4, 0.5) is 11.9 Å². The van der Waals surface area contributed by atoms with Crippen molar-refractivity contribution in [1.29, 1.82) is 0 Å². The van der Waals surface area contributed by atoms with Crippen LogP contribution >= 0.6 is 0 Å². The molecule has 0 radical (unpaired) electrons. The van der Waals surface area contributed by atoms with E-state index in [1.54, 1.807) is 0 Å². The molecule has 0 spiro atoms. The maximum absolute atomic E-state index is 5.59. The summed E-state index contributed by atoms with van der Waals surface area (Å²) in [5.41, 5.74) is 13.3. The Hall–Kier alpha value is -2.70. The fourth-order valence-corrected chi connectivity index (χ4v) is 2.43. The lowest BCUT2D eigenvalue weighted by molar-refractivity contribution is 0.653. The standard InChI is InChI=1S/C14H17N7/c1-2-12-17-9-5-3-4-6-10(9)21(12)8-7-11-18-13(15)20-14(16)19-11/h3-6H,2,7-8H2,1H3,(H4,15,16,18,19,20). The second-order valence-electron chi connectivity index (χ2n) is 4.74. The smallest absolute Gasteiger partial charge is 0.225 e. The Balaban J connectivity index is 1.90. The van der Waals surface area contributed by atoms with Crippen LogP contribution in [0.15, 0.2) is 24.3 Å². The molecule has 4 N–H and O–H groups in total. The zero-order valence-electron chi connectivity index (χ0n) is 11.8. The van der Waals surface area contributed by atoms with Gasteiger partial charge in [-0.2, -0.15) is 15.0 Å². The van der Waals surface area contributed by atoms with E-state index in [1.807, 2.05) is 18.2 Å². The number of hydrogen-bond donors (Lipinski definition) is 2. The first-order valence-corrected chi connectivity index (χ1v) is 6.87. The Kier molecular flexibility index (Phi) is 3.39. The number of aryl methyl sites for hydroxylation is 3. The highest BCUT2D eigenvalue weighted by Gasteiger charge is 2.10. The number of fused-ring (bicyclic) bond motifs is 1. The molecule has 3 rings (SSSR count). The van der Waals surface area contributed by atoms with Crippen LogP contribution < -0.4 is 11.5 Å². The second-order valence-corrected chi connectivity index (χ2v) is 4.74. The first kappa shape index (κ1) is 13.3. The van der Waals surface area contributed by atoms with Gasteiger partial charge in [-0.25, -0.2) is 4.98 Å². The molecule has 2 aromatic heterocycles. The van der Waals surface area contributed by atoms with Gasteiger partial charge < -0.3 is 16.0 Å². The Labute approximate surface area is 122 Å². The molecule has 21 heavy (non-hydrogen) atoms. The maximum atomic E-state index is 5.59. The van der Waals surface area contributed by atoms with Crippen molar-refractivity contribution < 1.29 is 0 Å². The van der Waals surface area contributed by atoms with Crippen molar-refractivity contribution in [2.75, 3.05) is 11.5 Å². The lowest BCUT2D eigenvalue weighted by atomic mass is 10.3. The average molecular weight is 283 g/mol. The van der Waals surface area contributed by atoms with E-state index in [0.717, 1.165) is 29.8 Å². The summed E-state index contributed by atoms with van der Waals surface area (Å²) in [6.45, 7) is 2.82.